The van der Waals surface area contributed by atoms with Crippen LogP contribution in [0, 0.1) is 5.82 Å². The summed E-state index contributed by atoms with van der Waals surface area (Å²) in [6.45, 7) is 3.55. The van der Waals surface area contributed by atoms with Crippen LogP contribution in [-0.2, 0) is 6.42 Å². The average molecular weight is 406 g/mol. The number of rotatable bonds is 2. The minimum absolute atomic E-state index is 0.0333. The van der Waals surface area contributed by atoms with Crippen molar-refractivity contribution in [3.8, 4) is 11.5 Å². The Morgan fingerprint density at radius 3 is 2.60 bits per heavy atom. The molecule has 1 aromatic heterocycles. The minimum atomic E-state index is -1.10. The summed E-state index contributed by atoms with van der Waals surface area (Å²) >= 11 is 0. The van der Waals surface area contributed by atoms with E-state index in [9.17, 15) is 14.0 Å². The van der Waals surface area contributed by atoms with Gasteiger partial charge in [0, 0.05) is 12.0 Å². The molecule has 6 heteroatoms. The van der Waals surface area contributed by atoms with Gasteiger partial charge < -0.3 is 13.9 Å². The van der Waals surface area contributed by atoms with E-state index in [-0.39, 0.29) is 41.4 Å². The number of halogens is 1. The predicted octanol–water partition coefficient (Wildman–Crippen LogP) is 5.00. The SMILES string of the molecule is CCc1c(F)c(=O)oc2c3c(c4c(c12)OC(c1ccccc1)C=C4)OC(C)CC3=O. The lowest BCUT2D eigenvalue weighted by atomic mass is 9.91. The topological polar surface area (TPSA) is 65.7 Å². The van der Waals surface area contributed by atoms with Crippen molar-refractivity contribution in [1.82, 2.24) is 0 Å². The summed E-state index contributed by atoms with van der Waals surface area (Å²) in [6, 6.07) is 9.60. The van der Waals surface area contributed by atoms with Gasteiger partial charge in [0.05, 0.1) is 10.9 Å². The van der Waals surface area contributed by atoms with Gasteiger partial charge in [0.2, 0.25) is 5.82 Å². The Hall–Kier alpha value is -3.41. The normalized spacial score (nSPS) is 19.8. The van der Waals surface area contributed by atoms with E-state index in [0.717, 1.165) is 5.56 Å². The molecular weight excluding hydrogens is 387 g/mol. The summed E-state index contributed by atoms with van der Waals surface area (Å²) < 4.78 is 32.3. The van der Waals surface area contributed by atoms with Crippen molar-refractivity contribution in [3.05, 3.63) is 74.9 Å². The molecule has 2 aromatic carbocycles. The van der Waals surface area contributed by atoms with Crippen molar-refractivity contribution in [2.45, 2.75) is 38.9 Å². The standard InChI is InChI=1S/C24H19FO5/c1-3-14-18-21-15(9-10-17(29-21)13-7-5-4-6-8-13)22-19(16(26)11-12(2)28-22)23(18)30-24(27)20(14)25/h4-10,12,17H,3,11H2,1-2H3. The van der Waals surface area contributed by atoms with Crippen LogP contribution in [0.15, 0.2) is 45.6 Å². The Morgan fingerprint density at radius 1 is 1.10 bits per heavy atom. The van der Waals surface area contributed by atoms with Gasteiger partial charge in [0.1, 0.15) is 29.3 Å². The zero-order chi connectivity index (χ0) is 21.0. The van der Waals surface area contributed by atoms with Crippen molar-refractivity contribution in [2.24, 2.45) is 0 Å². The number of carbonyl (C=O) groups excluding carboxylic acids is 1. The van der Waals surface area contributed by atoms with E-state index in [2.05, 4.69) is 0 Å². The minimum Gasteiger partial charge on any atom is -0.489 e. The molecule has 0 N–H and O–H groups in total. The Morgan fingerprint density at radius 2 is 1.87 bits per heavy atom. The van der Waals surface area contributed by atoms with Crippen molar-refractivity contribution in [3.63, 3.8) is 0 Å². The van der Waals surface area contributed by atoms with Crippen LogP contribution in [0.5, 0.6) is 11.5 Å². The molecule has 2 aliphatic rings. The number of carbonyl (C=O) groups is 1. The smallest absolute Gasteiger partial charge is 0.372 e. The molecule has 3 aromatic rings. The maximum Gasteiger partial charge on any atom is 0.372 e. The summed E-state index contributed by atoms with van der Waals surface area (Å²) in [4.78, 5) is 25.1. The van der Waals surface area contributed by atoms with Gasteiger partial charge >= 0.3 is 5.63 Å². The fourth-order valence-electron chi connectivity index (χ4n) is 4.21. The van der Waals surface area contributed by atoms with Crippen LogP contribution in [0.4, 0.5) is 4.39 Å². The molecule has 3 heterocycles. The number of hydrogen-bond donors (Lipinski definition) is 0. The predicted molar refractivity (Wildman–Crippen MR) is 110 cm³/mol. The van der Waals surface area contributed by atoms with Crippen molar-refractivity contribution in [2.75, 3.05) is 0 Å². The zero-order valence-electron chi connectivity index (χ0n) is 16.5. The number of fused-ring (bicyclic) bond motifs is 6. The van der Waals surface area contributed by atoms with E-state index in [1.165, 1.54) is 0 Å². The van der Waals surface area contributed by atoms with Gasteiger partial charge in [-0.25, -0.2) is 4.79 Å². The summed E-state index contributed by atoms with van der Waals surface area (Å²) in [5, 5.41) is 0.320. The zero-order valence-corrected chi connectivity index (χ0v) is 16.5. The third-order valence-electron chi connectivity index (χ3n) is 5.57. The van der Waals surface area contributed by atoms with Crippen LogP contribution < -0.4 is 15.1 Å². The second-order valence-corrected chi connectivity index (χ2v) is 7.55. The number of ketones is 1. The van der Waals surface area contributed by atoms with Gasteiger partial charge in [-0.15, -0.1) is 0 Å². The first kappa shape index (κ1) is 18.6. The van der Waals surface area contributed by atoms with E-state index in [0.29, 0.717) is 22.4 Å². The fraction of sp³-hybridized carbons (Fsp3) is 0.250. The lowest BCUT2D eigenvalue weighted by Gasteiger charge is -2.30. The highest BCUT2D eigenvalue weighted by Gasteiger charge is 2.36. The molecule has 0 saturated carbocycles. The largest absolute Gasteiger partial charge is 0.489 e. The lowest BCUT2D eigenvalue weighted by molar-refractivity contribution is 0.0870. The summed E-state index contributed by atoms with van der Waals surface area (Å²) in [5.41, 5.74) is 0.776. The van der Waals surface area contributed by atoms with E-state index >= 15 is 0 Å². The molecule has 0 aliphatic carbocycles. The molecule has 2 unspecified atom stereocenters. The Balaban J connectivity index is 1.87. The van der Waals surface area contributed by atoms with E-state index in [1.807, 2.05) is 42.5 Å². The molecule has 0 saturated heterocycles. The van der Waals surface area contributed by atoms with E-state index in [1.54, 1.807) is 13.8 Å². The van der Waals surface area contributed by atoms with Gasteiger partial charge in [-0.05, 0) is 31.1 Å². The van der Waals surface area contributed by atoms with Crippen molar-refractivity contribution in [1.29, 1.82) is 0 Å². The van der Waals surface area contributed by atoms with Gasteiger partial charge in [-0.2, -0.15) is 4.39 Å². The highest BCUT2D eigenvalue weighted by molar-refractivity contribution is 6.13. The van der Waals surface area contributed by atoms with Crippen molar-refractivity contribution >= 4 is 22.8 Å². The quantitative estimate of drug-likeness (QED) is 0.561. The maximum absolute atomic E-state index is 14.7. The Labute approximate surface area is 171 Å². The Kier molecular flexibility index (Phi) is 4.24. The third-order valence-corrected chi connectivity index (χ3v) is 5.57. The van der Waals surface area contributed by atoms with Crippen molar-refractivity contribution < 1.29 is 23.1 Å². The molecule has 0 bridgehead atoms. The highest BCUT2D eigenvalue weighted by Crippen LogP contribution is 2.49. The van der Waals surface area contributed by atoms with Crippen LogP contribution >= 0.6 is 0 Å². The van der Waals surface area contributed by atoms with Gasteiger partial charge in [-0.1, -0.05) is 37.3 Å². The van der Waals surface area contributed by atoms with E-state index in [4.69, 9.17) is 13.9 Å². The van der Waals surface area contributed by atoms with Crippen LogP contribution in [0.2, 0.25) is 0 Å². The van der Waals surface area contributed by atoms with Gasteiger partial charge in [-0.3, -0.25) is 4.79 Å². The second kappa shape index (κ2) is 6.83. The molecule has 2 atom stereocenters. The molecular formula is C24H19FO5. The molecule has 5 rings (SSSR count). The van der Waals surface area contributed by atoms with Crippen LogP contribution in [0.25, 0.3) is 17.0 Å². The summed E-state index contributed by atoms with van der Waals surface area (Å²) in [6.07, 6.45) is 3.37. The first-order valence-electron chi connectivity index (χ1n) is 9.94. The van der Waals surface area contributed by atoms with E-state index < -0.39 is 17.5 Å². The number of hydrogen-bond acceptors (Lipinski definition) is 5. The third kappa shape index (κ3) is 2.67. The molecule has 0 fully saturated rings. The van der Waals surface area contributed by atoms with Crippen LogP contribution in [0.3, 0.4) is 0 Å². The molecule has 0 amide bonds. The average Bonchev–Trinajstić information content (AvgIpc) is 2.75. The first-order chi connectivity index (χ1) is 14.5. The van der Waals surface area contributed by atoms with Crippen LogP contribution in [0.1, 0.15) is 53.4 Å². The fourth-order valence-corrected chi connectivity index (χ4v) is 4.21. The molecule has 5 nitrogen and oxygen atoms in total. The first-order valence-corrected chi connectivity index (χ1v) is 9.94. The molecule has 30 heavy (non-hydrogen) atoms. The number of aryl methyl sites for hydroxylation is 1. The number of ether oxygens (including phenoxy) is 2. The molecule has 152 valence electrons. The van der Waals surface area contributed by atoms with Gasteiger partial charge in [0.15, 0.2) is 11.4 Å². The molecule has 0 spiro atoms. The number of Topliss-reactive ketones (excluding diaryl/α,β-unsaturated/α-hetero) is 1. The molecule has 0 radical (unpaired) electrons. The van der Waals surface area contributed by atoms with Crippen LogP contribution in [-0.4, -0.2) is 11.9 Å². The highest BCUT2D eigenvalue weighted by atomic mass is 19.1. The van der Waals surface area contributed by atoms with Gasteiger partial charge in [0.25, 0.3) is 0 Å². The maximum atomic E-state index is 14.7. The number of benzene rings is 2. The summed E-state index contributed by atoms with van der Waals surface area (Å²) in [7, 11) is 0. The summed E-state index contributed by atoms with van der Waals surface area (Å²) in [5.74, 6) is -0.478. The Bertz CT molecular complexity index is 1270. The lowest BCUT2D eigenvalue weighted by Crippen LogP contribution is -2.26. The molecule has 2 aliphatic heterocycles. The monoisotopic (exact) mass is 406 g/mol. The second-order valence-electron chi connectivity index (χ2n) is 7.55.